The standard InChI is InChI=1S/C20H12Cl2N2O4/c1-27-15-7-6-11(16-10-4-2-3-5-14(10)28-19(15)16)18(25)20(26)24-17-12(21)8-23-9-13(17)22/h2-9H,1H3,(H,23,24,26). The number of halogens is 2. The second-order valence-electron chi connectivity index (χ2n) is 5.88. The zero-order valence-electron chi connectivity index (χ0n) is 14.5. The van der Waals surface area contributed by atoms with Crippen LogP contribution >= 0.6 is 23.2 Å². The van der Waals surface area contributed by atoms with Gasteiger partial charge in [-0.3, -0.25) is 14.6 Å². The number of carbonyl (C=O) groups excluding carboxylic acids is 2. The number of furan rings is 1. The predicted molar refractivity (Wildman–Crippen MR) is 107 cm³/mol. The molecule has 140 valence electrons. The molecule has 0 bridgehead atoms. The minimum atomic E-state index is -0.883. The third-order valence-corrected chi connectivity index (χ3v) is 4.83. The molecule has 1 amide bonds. The minimum absolute atomic E-state index is 0.124. The lowest BCUT2D eigenvalue weighted by atomic mass is 10.0. The van der Waals surface area contributed by atoms with Crippen molar-refractivity contribution in [1.29, 1.82) is 0 Å². The van der Waals surface area contributed by atoms with Crippen molar-refractivity contribution >= 4 is 62.5 Å². The summed E-state index contributed by atoms with van der Waals surface area (Å²) in [5.41, 5.74) is 1.28. The number of hydrogen-bond donors (Lipinski definition) is 1. The van der Waals surface area contributed by atoms with E-state index in [1.54, 1.807) is 12.1 Å². The Morgan fingerprint density at radius 2 is 1.79 bits per heavy atom. The second kappa shape index (κ2) is 7.14. The summed E-state index contributed by atoms with van der Waals surface area (Å²) in [7, 11) is 1.50. The summed E-state index contributed by atoms with van der Waals surface area (Å²) in [6.07, 6.45) is 2.64. The summed E-state index contributed by atoms with van der Waals surface area (Å²) in [6.45, 7) is 0. The fourth-order valence-electron chi connectivity index (χ4n) is 2.98. The van der Waals surface area contributed by atoms with Gasteiger partial charge >= 0.3 is 0 Å². The van der Waals surface area contributed by atoms with Crippen LogP contribution in [0.3, 0.4) is 0 Å². The van der Waals surface area contributed by atoms with Gasteiger partial charge < -0.3 is 14.5 Å². The molecule has 0 spiro atoms. The number of Topliss-reactive ketones (excluding diaryl/α,β-unsaturated/α-hetero) is 1. The van der Waals surface area contributed by atoms with Gasteiger partial charge in [0.25, 0.3) is 11.7 Å². The van der Waals surface area contributed by atoms with Gasteiger partial charge in [-0.15, -0.1) is 0 Å². The molecule has 2 heterocycles. The number of anilines is 1. The number of hydrogen-bond acceptors (Lipinski definition) is 5. The molecule has 1 N–H and O–H groups in total. The van der Waals surface area contributed by atoms with Gasteiger partial charge in [0, 0.05) is 28.7 Å². The maximum Gasteiger partial charge on any atom is 0.296 e. The van der Waals surface area contributed by atoms with Gasteiger partial charge in [-0.05, 0) is 18.2 Å². The Morgan fingerprint density at radius 3 is 2.50 bits per heavy atom. The first-order chi connectivity index (χ1) is 13.5. The Labute approximate surface area is 169 Å². The van der Waals surface area contributed by atoms with E-state index < -0.39 is 11.7 Å². The summed E-state index contributed by atoms with van der Waals surface area (Å²) in [5.74, 6) is -1.18. The van der Waals surface area contributed by atoms with Crippen LogP contribution in [0.2, 0.25) is 10.0 Å². The molecule has 4 aromatic rings. The molecular weight excluding hydrogens is 403 g/mol. The van der Waals surface area contributed by atoms with Crippen LogP contribution in [0.15, 0.2) is 53.2 Å². The minimum Gasteiger partial charge on any atom is -0.493 e. The molecule has 0 unspecified atom stereocenters. The third kappa shape index (κ3) is 2.96. The number of carbonyl (C=O) groups is 2. The van der Waals surface area contributed by atoms with Crippen LogP contribution < -0.4 is 10.1 Å². The third-order valence-electron chi connectivity index (χ3n) is 4.25. The molecule has 2 aromatic heterocycles. The lowest BCUT2D eigenvalue weighted by Gasteiger charge is -2.09. The molecule has 0 saturated heterocycles. The summed E-state index contributed by atoms with van der Waals surface area (Å²) in [5, 5.41) is 3.91. The Bertz CT molecular complexity index is 1230. The lowest BCUT2D eigenvalue weighted by molar-refractivity contribution is -0.112. The van der Waals surface area contributed by atoms with Crippen molar-refractivity contribution in [2.75, 3.05) is 12.4 Å². The lowest BCUT2D eigenvalue weighted by Crippen LogP contribution is -2.23. The van der Waals surface area contributed by atoms with E-state index in [1.807, 2.05) is 18.2 Å². The Balaban J connectivity index is 1.82. The molecule has 0 radical (unpaired) electrons. The average Bonchev–Trinajstić information content (AvgIpc) is 3.09. The maximum absolute atomic E-state index is 12.9. The molecule has 0 aliphatic heterocycles. The largest absolute Gasteiger partial charge is 0.493 e. The highest BCUT2D eigenvalue weighted by atomic mass is 35.5. The number of amides is 1. The number of aromatic nitrogens is 1. The number of rotatable bonds is 4. The van der Waals surface area contributed by atoms with Gasteiger partial charge in [0.2, 0.25) is 0 Å². The summed E-state index contributed by atoms with van der Waals surface area (Å²) in [4.78, 5) is 29.4. The van der Waals surface area contributed by atoms with Crippen molar-refractivity contribution in [3.63, 3.8) is 0 Å². The van der Waals surface area contributed by atoms with Crippen LogP contribution in [-0.2, 0) is 4.79 Å². The molecule has 0 aliphatic rings. The highest BCUT2D eigenvalue weighted by Crippen LogP contribution is 2.37. The number of pyridine rings is 1. The number of methoxy groups -OCH3 is 1. The predicted octanol–water partition coefficient (Wildman–Crippen LogP) is 5.12. The number of nitrogens with zero attached hydrogens (tertiary/aromatic N) is 1. The zero-order valence-corrected chi connectivity index (χ0v) is 16.0. The summed E-state index contributed by atoms with van der Waals surface area (Å²) < 4.78 is 11.2. The topological polar surface area (TPSA) is 81.4 Å². The molecule has 0 aliphatic carbocycles. The first-order valence-corrected chi connectivity index (χ1v) is 8.89. The van der Waals surface area contributed by atoms with Crippen molar-refractivity contribution in [3.05, 3.63) is 64.4 Å². The Morgan fingerprint density at radius 1 is 1.07 bits per heavy atom. The molecule has 28 heavy (non-hydrogen) atoms. The van der Waals surface area contributed by atoms with Crippen LogP contribution in [0, 0.1) is 0 Å². The van der Waals surface area contributed by atoms with Gasteiger partial charge in [-0.1, -0.05) is 41.4 Å². The second-order valence-corrected chi connectivity index (χ2v) is 6.69. The average molecular weight is 415 g/mol. The van der Waals surface area contributed by atoms with Gasteiger partial charge in [0.05, 0.1) is 22.8 Å². The van der Waals surface area contributed by atoms with E-state index >= 15 is 0 Å². The van der Waals surface area contributed by atoms with Crippen molar-refractivity contribution in [3.8, 4) is 5.75 Å². The van der Waals surface area contributed by atoms with Crippen LogP contribution in [-0.4, -0.2) is 23.8 Å². The van der Waals surface area contributed by atoms with Crippen molar-refractivity contribution in [2.24, 2.45) is 0 Å². The molecule has 0 atom stereocenters. The van der Waals surface area contributed by atoms with Crippen LogP contribution in [0.25, 0.3) is 21.9 Å². The van der Waals surface area contributed by atoms with Crippen molar-refractivity contribution in [2.45, 2.75) is 0 Å². The molecule has 4 rings (SSSR count). The number of ether oxygens (including phenoxy) is 1. The highest BCUT2D eigenvalue weighted by Gasteiger charge is 2.25. The zero-order chi connectivity index (χ0) is 19.8. The van der Waals surface area contributed by atoms with Crippen LogP contribution in [0.4, 0.5) is 5.69 Å². The van der Waals surface area contributed by atoms with Gasteiger partial charge in [0.1, 0.15) is 5.58 Å². The van der Waals surface area contributed by atoms with E-state index in [0.717, 1.165) is 0 Å². The fourth-order valence-corrected chi connectivity index (χ4v) is 3.44. The monoisotopic (exact) mass is 414 g/mol. The van der Waals surface area contributed by atoms with Crippen molar-refractivity contribution in [1.82, 2.24) is 4.98 Å². The van der Waals surface area contributed by atoms with Gasteiger partial charge in [-0.25, -0.2) is 0 Å². The fraction of sp³-hybridized carbons (Fsp3) is 0.0500. The number of nitrogens with one attached hydrogen (secondary N) is 1. The van der Waals surface area contributed by atoms with E-state index in [9.17, 15) is 9.59 Å². The van der Waals surface area contributed by atoms with E-state index in [-0.39, 0.29) is 21.3 Å². The molecule has 0 saturated carbocycles. The molecule has 2 aromatic carbocycles. The van der Waals surface area contributed by atoms with E-state index in [4.69, 9.17) is 32.4 Å². The molecular formula is C20H12Cl2N2O4. The van der Waals surface area contributed by atoms with E-state index in [0.29, 0.717) is 27.7 Å². The SMILES string of the molecule is COc1ccc(C(=O)C(=O)Nc2c(Cl)cncc2Cl)c2c1oc1ccccc12. The quantitative estimate of drug-likeness (QED) is 0.370. The number of ketones is 1. The van der Waals surface area contributed by atoms with Gasteiger partial charge in [-0.2, -0.15) is 0 Å². The van der Waals surface area contributed by atoms with Crippen LogP contribution in [0.1, 0.15) is 10.4 Å². The normalized spacial score (nSPS) is 11.0. The van der Waals surface area contributed by atoms with Crippen molar-refractivity contribution < 1.29 is 18.7 Å². The van der Waals surface area contributed by atoms with Crippen LogP contribution in [0.5, 0.6) is 5.75 Å². The Kier molecular flexibility index (Phi) is 4.66. The first-order valence-electron chi connectivity index (χ1n) is 8.14. The number of benzene rings is 2. The number of fused-ring (bicyclic) bond motifs is 3. The number of para-hydroxylation sites is 1. The molecule has 8 heteroatoms. The van der Waals surface area contributed by atoms with Gasteiger partial charge in [0.15, 0.2) is 11.3 Å². The highest BCUT2D eigenvalue weighted by molar-refractivity contribution is 6.50. The molecule has 0 fully saturated rings. The summed E-state index contributed by atoms with van der Waals surface area (Å²) in [6, 6.07) is 10.3. The maximum atomic E-state index is 12.9. The Hall–Kier alpha value is -3.09. The molecule has 6 nitrogen and oxygen atoms in total. The summed E-state index contributed by atoms with van der Waals surface area (Å²) >= 11 is 12.0. The smallest absolute Gasteiger partial charge is 0.296 e. The first kappa shape index (κ1) is 18.3. The van der Waals surface area contributed by atoms with E-state index in [1.165, 1.54) is 25.6 Å². The van der Waals surface area contributed by atoms with E-state index in [2.05, 4.69) is 10.3 Å².